The van der Waals surface area contributed by atoms with Crippen LogP contribution < -0.4 is 0 Å². The Labute approximate surface area is 112 Å². The van der Waals surface area contributed by atoms with E-state index >= 15 is 0 Å². The largest absolute Gasteiger partial charge is 0.396 e. The van der Waals surface area contributed by atoms with Crippen LogP contribution >= 0.6 is 0 Å². The van der Waals surface area contributed by atoms with Gasteiger partial charge in [-0.3, -0.25) is 5.26 Å². The molecule has 3 heteroatoms. The molecule has 1 fully saturated rings. The third-order valence-electron chi connectivity index (χ3n) is 3.31. The molecule has 0 amide bonds. The molecule has 1 unspecified atom stereocenters. The summed E-state index contributed by atoms with van der Waals surface area (Å²) in [5, 5.41) is 17.7. The van der Waals surface area contributed by atoms with E-state index in [4.69, 9.17) is 10.4 Å². The van der Waals surface area contributed by atoms with Crippen LogP contribution in [0.15, 0.2) is 0 Å². The fourth-order valence-electron chi connectivity index (χ4n) is 2.42. The van der Waals surface area contributed by atoms with Crippen molar-refractivity contribution in [1.82, 2.24) is 0 Å². The van der Waals surface area contributed by atoms with Crippen LogP contribution in [0.5, 0.6) is 0 Å². The lowest BCUT2D eigenvalue weighted by atomic mass is 9.80. The summed E-state index contributed by atoms with van der Waals surface area (Å²) in [4.78, 5) is 4.52. The molecule has 2 N–H and O–H groups in total. The number of hydrogen-bond acceptors (Lipinski definition) is 3. The highest BCUT2D eigenvalue weighted by atomic mass is 17.1. The lowest BCUT2D eigenvalue weighted by Gasteiger charge is -2.31. The molecular weight excluding hydrogens is 228 g/mol. The zero-order chi connectivity index (χ0) is 14.0. The van der Waals surface area contributed by atoms with Crippen molar-refractivity contribution >= 4 is 0 Å². The van der Waals surface area contributed by atoms with Crippen molar-refractivity contribution in [3.63, 3.8) is 0 Å². The quantitative estimate of drug-likeness (QED) is 0.574. The van der Waals surface area contributed by atoms with Gasteiger partial charge < -0.3 is 5.11 Å². The predicted octanol–water partition coefficient (Wildman–Crippen LogP) is 4.25. The normalized spacial score (nSPS) is 20.2. The molecule has 110 valence electrons. The van der Waals surface area contributed by atoms with Gasteiger partial charge in [-0.15, -0.1) is 0 Å². The molecule has 0 aromatic carbocycles. The summed E-state index contributed by atoms with van der Waals surface area (Å²) in [7, 11) is 0. The minimum absolute atomic E-state index is 0.0732. The third-order valence-corrected chi connectivity index (χ3v) is 3.31. The Morgan fingerprint density at radius 1 is 1.17 bits per heavy atom. The molecule has 0 radical (unpaired) electrons. The van der Waals surface area contributed by atoms with Gasteiger partial charge in [0.05, 0.1) is 0 Å². The van der Waals surface area contributed by atoms with Crippen LogP contribution in [-0.2, 0) is 4.89 Å². The first kappa shape index (κ1) is 17.9. The predicted molar refractivity (Wildman–Crippen MR) is 75.5 cm³/mol. The molecule has 3 nitrogen and oxygen atoms in total. The Bertz CT molecular complexity index is 185. The zero-order valence-corrected chi connectivity index (χ0v) is 12.6. The van der Waals surface area contributed by atoms with Crippen molar-refractivity contribution < 1.29 is 15.3 Å². The van der Waals surface area contributed by atoms with E-state index in [9.17, 15) is 0 Å². The zero-order valence-electron chi connectivity index (χ0n) is 12.6. The highest BCUT2D eigenvalue weighted by Gasteiger charge is 2.29. The van der Waals surface area contributed by atoms with Crippen molar-refractivity contribution in [1.29, 1.82) is 0 Å². The summed E-state index contributed by atoms with van der Waals surface area (Å²) in [6.45, 7) is 8.45. The van der Waals surface area contributed by atoms with Gasteiger partial charge in [0.25, 0.3) is 0 Å². The summed E-state index contributed by atoms with van der Waals surface area (Å²) < 4.78 is 0. The van der Waals surface area contributed by atoms with Crippen LogP contribution in [0.25, 0.3) is 0 Å². The van der Waals surface area contributed by atoms with Gasteiger partial charge in [-0.25, -0.2) is 4.89 Å². The van der Waals surface area contributed by atoms with Crippen LogP contribution in [0, 0.1) is 11.8 Å². The molecule has 1 aliphatic carbocycles. The molecule has 0 aromatic heterocycles. The van der Waals surface area contributed by atoms with Crippen molar-refractivity contribution in [2.75, 3.05) is 6.61 Å². The van der Waals surface area contributed by atoms with E-state index in [1.165, 1.54) is 32.1 Å². The molecule has 0 heterocycles. The number of hydrogen-bond donors (Lipinski definition) is 2. The van der Waals surface area contributed by atoms with Gasteiger partial charge in [0, 0.05) is 13.0 Å². The fourth-order valence-corrected chi connectivity index (χ4v) is 2.42. The maximum atomic E-state index is 8.87. The minimum atomic E-state index is -0.545. The molecular formula is C15H32O3. The lowest BCUT2D eigenvalue weighted by molar-refractivity contribution is -0.325. The molecule has 1 aliphatic rings. The Kier molecular flexibility index (Phi) is 9.70. The number of rotatable bonds is 5. The molecule has 0 aliphatic heterocycles. The summed E-state index contributed by atoms with van der Waals surface area (Å²) in [5.74, 6) is 1.49. The van der Waals surface area contributed by atoms with Gasteiger partial charge in [0.15, 0.2) is 0 Å². The fraction of sp³-hybridized carbons (Fsp3) is 1.00. The maximum Gasteiger partial charge on any atom is 0.103 e. The molecule has 1 atom stereocenters. The summed E-state index contributed by atoms with van der Waals surface area (Å²) >= 11 is 0. The highest BCUT2D eigenvalue weighted by molar-refractivity contribution is 4.79. The first-order chi connectivity index (χ1) is 8.43. The molecule has 0 bridgehead atoms. The Hall–Kier alpha value is -0.120. The monoisotopic (exact) mass is 260 g/mol. The second-order valence-corrected chi connectivity index (χ2v) is 6.46. The molecule has 0 aromatic rings. The van der Waals surface area contributed by atoms with E-state index in [1.54, 1.807) is 0 Å². The molecule has 0 spiro atoms. The van der Waals surface area contributed by atoms with Gasteiger partial charge in [-0.1, -0.05) is 52.9 Å². The molecule has 0 saturated heterocycles. The first-order valence-electron chi connectivity index (χ1n) is 7.37. The second-order valence-electron chi connectivity index (χ2n) is 6.46. The Morgan fingerprint density at radius 2 is 1.67 bits per heavy atom. The van der Waals surface area contributed by atoms with E-state index in [0.29, 0.717) is 12.3 Å². The SMILES string of the molecule is CC(C)C.CC(CCO)(CC1CCCCC1)OO. The molecule has 1 rings (SSSR count). The lowest BCUT2D eigenvalue weighted by Crippen LogP contribution is -2.32. The number of aliphatic hydroxyl groups excluding tert-OH is 1. The van der Waals surface area contributed by atoms with E-state index in [1.807, 2.05) is 6.92 Å². The highest BCUT2D eigenvalue weighted by Crippen LogP contribution is 2.33. The van der Waals surface area contributed by atoms with Crippen LogP contribution in [-0.4, -0.2) is 22.6 Å². The Morgan fingerprint density at radius 3 is 2.06 bits per heavy atom. The average molecular weight is 260 g/mol. The van der Waals surface area contributed by atoms with Crippen LogP contribution in [0.1, 0.15) is 72.6 Å². The van der Waals surface area contributed by atoms with Crippen molar-refractivity contribution in [2.45, 2.75) is 78.2 Å². The second kappa shape index (κ2) is 9.76. The summed E-state index contributed by atoms with van der Waals surface area (Å²) in [5.41, 5.74) is -0.545. The first-order valence-corrected chi connectivity index (χ1v) is 7.37. The molecule has 1 saturated carbocycles. The standard InChI is InChI=1S/C11H22O3.C4H10/c1-11(14-13,7-8-12)9-10-5-3-2-4-6-10;1-4(2)3/h10,12-13H,2-9H2,1H3;4H,1-3H3. The maximum absolute atomic E-state index is 8.87. The minimum Gasteiger partial charge on any atom is -0.396 e. The van der Waals surface area contributed by atoms with Crippen LogP contribution in [0.2, 0.25) is 0 Å². The van der Waals surface area contributed by atoms with E-state index < -0.39 is 5.60 Å². The van der Waals surface area contributed by atoms with Gasteiger partial charge >= 0.3 is 0 Å². The van der Waals surface area contributed by atoms with Crippen molar-refractivity contribution in [2.24, 2.45) is 11.8 Å². The van der Waals surface area contributed by atoms with Gasteiger partial charge in [0.1, 0.15) is 5.60 Å². The smallest absolute Gasteiger partial charge is 0.103 e. The summed E-state index contributed by atoms with van der Waals surface area (Å²) in [6, 6.07) is 0. The van der Waals surface area contributed by atoms with Gasteiger partial charge in [-0.05, 0) is 25.2 Å². The van der Waals surface area contributed by atoms with E-state index in [-0.39, 0.29) is 6.61 Å². The van der Waals surface area contributed by atoms with Crippen LogP contribution in [0.4, 0.5) is 0 Å². The van der Waals surface area contributed by atoms with Crippen molar-refractivity contribution in [3.8, 4) is 0 Å². The van der Waals surface area contributed by atoms with Gasteiger partial charge in [0.2, 0.25) is 0 Å². The molecule has 18 heavy (non-hydrogen) atoms. The van der Waals surface area contributed by atoms with Gasteiger partial charge in [-0.2, -0.15) is 0 Å². The Balaban J connectivity index is 0.000000631. The average Bonchev–Trinajstić information content (AvgIpc) is 2.30. The van der Waals surface area contributed by atoms with E-state index in [0.717, 1.165) is 12.3 Å². The van der Waals surface area contributed by atoms with E-state index in [2.05, 4.69) is 25.7 Å². The third kappa shape index (κ3) is 8.90. The summed E-state index contributed by atoms with van der Waals surface area (Å²) in [6.07, 6.45) is 7.79. The van der Waals surface area contributed by atoms with Crippen LogP contribution in [0.3, 0.4) is 0 Å². The number of aliphatic hydroxyl groups is 1. The topological polar surface area (TPSA) is 49.7 Å². The van der Waals surface area contributed by atoms with Crippen molar-refractivity contribution in [3.05, 3.63) is 0 Å².